The summed E-state index contributed by atoms with van der Waals surface area (Å²) in [7, 11) is 0. The number of nitrogens with zero attached hydrogens (tertiary/aromatic N) is 5. The Hall–Kier alpha value is -4.30. The van der Waals surface area contributed by atoms with Gasteiger partial charge in [0.1, 0.15) is 17.8 Å². The highest BCUT2D eigenvalue weighted by atomic mass is 16.6. The first-order valence-corrected chi connectivity index (χ1v) is 9.39. The quantitative estimate of drug-likeness (QED) is 0.222. The maximum atomic E-state index is 11.0. The lowest BCUT2D eigenvalue weighted by molar-refractivity contribution is -0.384. The minimum atomic E-state index is -0.652. The van der Waals surface area contributed by atoms with E-state index >= 15 is 0 Å². The maximum Gasteiger partial charge on any atom is 0.272 e. The highest BCUT2D eigenvalue weighted by molar-refractivity contribution is 6.00. The van der Waals surface area contributed by atoms with Gasteiger partial charge in [-0.15, -0.1) is 10.2 Å². The summed E-state index contributed by atoms with van der Waals surface area (Å²) >= 11 is 0. The SMILES string of the molecule is CCCCNc1ccc(N=Nc2c(C#N)cc([N+](=O)[O-])cc2C#N)c2ccccc12. The number of nitrogens with one attached hydrogen (secondary N) is 1. The molecule has 0 unspecified atom stereocenters. The van der Waals surface area contributed by atoms with Gasteiger partial charge < -0.3 is 5.32 Å². The third-order valence-electron chi connectivity index (χ3n) is 4.55. The minimum Gasteiger partial charge on any atom is -0.385 e. The number of azo groups is 1. The molecule has 0 saturated heterocycles. The number of rotatable bonds is 7. The van der Waals surface area contributed by atoms with E-state index in [-0.39, 0.29) is 22.5 Å². The van der Waals surface area contributed by atoms with Crippen molar-refractivity contribution >= 4 is 33.5 Å². The summed E-state index contributed by atoms with van der Waals surface area (Å²) in [5, 5.41) is 43.4. The van der Waals surface area contributed by atoms with Gasteiger partial charge in [0.25, 0.3) is 5.69 Å². The first-order valence-electron chi connectivity index (χ1n) is 9.39. The van der Waals surface area contributed by atoms with Gasteiger partial charge in [-0.2, -0.15) is 10.5 Å². The molecule has 148 valence electrons. The smallest absolute Gasteiger partial charge is 0.272 e. The van der Waals surface area contributed by atoms with Gasteiger partial charge in [-0.25, -0.2) is 0 Å². The number of anilines is 1. The van der Waals surface area contributed by atoms with Crippen molar-refractivity contribution in [3.8, 4) is 12.1 Å². The molecule has 0 atom stereocenters. The Morgan fingerprint density at radius 1 is 1.03 bits per heavy atom. The number of nitro groups is 1. The number of unbranched alkanes of at least 4 members (excludes halogenated alkanes) is 1. The van der Waals surface area contributed by atoms with Gasteiger partial charge in [0.15, 0.2) is 0 Å². The van der Waals surface area contributed by atoms with E-state index in [0.29, 0.717) is 5.69 Å². The van der Waals surface area contributed by atoms with Gasteiger partial charge in [0.05, 0.1) is 21.7 Å². The topological polar surface area (TPSA) is 127 Å². The summed E-state index contributed by atoms with van der Waals surface area (Å²) in [5.41, 5.74) is 1.08. The zero-order valence-corrected chi connectivity index (χ0v) is 16.3. The van der Waals surface area contributed by atoms with Crippen molar-refractivity contribution in [3.63, 3.8) is 0 Å². The van der Waals surface area contributed by atoms with Crippen LogP contribution in [0.2, 0.25) is 0 Å². The maximum absolute atomic E-state index is 11.0. The van der Waals surface area contributed by atoms with E-state index in [1.54, 1.807) is 0 Å². The normalized spacial score (nSPS) is 10.6. The second-order valence-corrected chi connectivity index (χ2v) is 6.53. The fraction of sp³-hybridized carbons (Fsp3) is 0.182. The molecule has 3 aromatic carbocycles. The summed E-state index contributed by atoms with van der Waals surface area (Å²) in [6.07, 6.45) is 2.15. The van der Waals surface area contributed by atoms with Crippen LogP contribution in [0, 0.1) is 32.8 Å². The molecule has 1 N–H and O–H groups in total. The largest absolute Gasteiger partial charge is 0.385 e. The molecule has 3 aromatic rings. The molecule has 0 aliphatic carbocycles. The highest BCUT2D eigenvalue weighted by Gasteiger charge is 2.17. The monoisotopic (exact) mass is 398 g/mol. The van der Waals surface area contributed by atoms with Crippen LogP contribution < -0.4 is 5.32 Å². The van der Waals surface area contributed by atoms with Crippen molar-refractivity contribution in [2.45, 2.75) is 19.8 Å². The van der Waals surface area contributed by atoms with Crippen LogP contribution >= 0.6 is 0 Å². The molecule has 30 heavy (non-hydrogen) atoms. The number of nitro benzene ring substituents is 1. The second kappa shape index (κ2) is 9.26. The van der Waals surface area contributed by atoms with Crippen molar-refractivity contribution in [1.29, 1.82) is 10.5 Å². The van der Waals surface area contributed by atoms with Gasteiger partial charge >= 0.3 is 0 Å². The average Bonchev–Trinajstić information content (AvgIpc) is 2.77. The van der Waals surface area contributed by atoms with E-state index in [2.05, 4.69) is 22.5 Å². The lowest BCUT2D eigenvalue weighted by Crippen LogP contribution is -2.01. The predicted molar refractivity (Wildman–Crippen MR) is 114 cm³/mol. The average molecular weight is 398 g/mol. The van der Waals surface area contributed by atoms with E-state index in [9.17, 15) is 20.6 Å². The third-order valence-corrected chi connectivity index (χ3v) is 4.55. The Labute approximate surface area is 173 Å². The number of non-ortho nitro benzene ring substituents is 1. The molecule has 0 radical (unpaired) electrons. The summed E-state index contributed by atoms with van der Waals surface area (Å²) in [5.74, 6) is 0. The lowest BCUT2D eigenvalue weighted by atomic mass is 10.1. The van der Waals surface area contributed by atoms with Gasteiger partial charge in [-0.1, -0.05) is 37.6 Å². The van der Waals surface area contributed by atoms with Gasteiger partial charge in [-0.05, 0) is 18.6 Å². The molecule has 0 amide bonds. The van der Waals surface area contributed by atoms with Crippen LogP contribution in [0.1, 0.15) is 30.9 Å². The molecule has 8 heteroatoms. The van der Waals surface area contributed by atoms with E-state index in [0.717, 1.165) is 48.0 Å². The van der Waals surface area contributed by atoms with Crippen LogP contribution in [0.3, 0.4) is 0 Å². The van der Waals surface area contributed by atoms with Gasteiger partial charge in [0, 0.05) is 35.1 Å². The van der Waals surface area contributed by atoms with Crippen LogP contribution in [-0.4, -0.2) is 11.5 Å². The Bertz CT molecular complexity index is 1190. The summed E-state index contributed by atoms with van der Waals surface area (Å²) in [6, 6.07) is 17.4. The molecular weight excluding hydrogens is 380 g/mol. The summed E-state index contributed by atoms with van der Waals surface area (Å²) in [4.78, 5) is 10.4. The van der Waals surface area contributed by atoms with Crippen molar-refractivity contribution in [1.82, 2.24) is 0 Å². The fourth-order valence-corrected chi connectivity index (χ4v) is 3.03. The summed E-state index contributed by atoms with van der Waals surface area (Å²) < 4.78 is 0. The summed E-state index contributed by atoms with van der Waals surface area (Å²) in [6.45, 7) is 2.99. The van der Waals surface area contributed by atoms with Crippen LogP contribution in [0.25, 0.3) is 10.8 Å². The third kappa shape index (κ3) is 4.23. The number of hydrogen-bond acceptors (Lipinski definition) is 7. The van der Waals surface area contributed by atoms with Crippen molar-refractivity contribution in [2.24, 2.45) is 10.2 Å². The highest BCUT2D eigenvalue weighted by Crippen LogP contribution is 2.35. The molecule has 0 fully saturated rings. The molecule has 0 aromatic heterocycles. The van der Waals surface area contributed by atoms with Crippen LogP contribution in [-0.2, 0) is 0 Å². The zero-order chi connectivity index (χ0) is 21.5. The predicted octanol–water partition coefficient (Wildman–Crippen LogP) is 6.12. The Morgan fingerprint density at radius 3 is 2.30 bits per heavy atom. The first-order chi connectivity index (χ1) is 14.6. The number of benzene rings is 3. The van der Waals surface area contributed by atoms with Crippen molar-refractivity contribution in [3.05, 3.63) is 69.8 Å². The van der Waals surface area contributed by atoms with Crippen molar-refractivity contribution < 1.29 is 4.92 Å². The fourth-order valence-electron chi connectivity index (χ4n) is 3.03. The minimum absolute atomic E-state index is 0.0137. The number of nitriles is 2. The molecule has 0 saturated carbocycles. The van der Waals surface area contributed by atoms with E-state index in [1.807, 2.05) is 48.5 Å². The Morgan fingerprint density at radius 2 is 1.70 bits per heavy atom. The van der Waals surface area contributed by atoms with Crippen LogP contribution in [0.15, 0.2) is 58.8 Å². The second-order valence-electron chi connectivity index (χ2n) is 6.53. The van der Waals surface area contributed by atoms with E-state index in [1.165, 1.54) is 0 Å². The van der Waals surface area contributed by atoms with Gasteiger partial charge in [-0.3, -0.25) is 10.1 Å². The molecule has 0 aliphatic rings. The number of fused-ring (bicyclic) bond motifs is 1. The Kier molecular flexibility index (Phi) is 6.31. The zero-order valence-electron chi connectivity index (χ0n) is 16.3. The Balaban J connectivity index is 2.05. The van der Waals surface area contributed by atoms with Crippen LogP contribution in [0.5, 0.6) is 0 Å². The van der Waals surface area contributed by atoms with E-state index < -0.39 is 4.92 Å². The number of hydrogen-bond donors (Lipinski definition) is 1. The first kappa shape index (κ1) is 20.4. The molecule has 3 rings (SSSR count). The molecule has 0 bridgehead atoms. The molecular formula is C22H18N6O2. The molecule has 0 spiro atoms. The standard InChI is InChI=1S/C22H18N6O2/c1-2-3-10-25-20-8-9-21(19-7-5-4-6-18(19)20)26-27-22-15(13-23)11-17(28(29)30)12-16(22)14-24/h4-9,11-12,25H,2-3,10H2,1H3. The molecule has 0 heterocycles. The van der Waals surface area contributed by atoms with Gasteiger partial charge in [0.2, 0.25) is 0 Å². The molecule has 0 aliphatic heterocycles. The van der Waals surface area contributed by atoms with Crippen LogP contribution in [0.4, 0.5) is 22.7 Å². The lowest BCUT2D eigenvalue weighted by Gasteiger charge is -2.10. The molecule has 8 nitrogen and oxygen atoms in total. The van der Waals surface area contributed by atoms with E-state index in [4.69, 9.17) is 0 Å². The van der Waals surface area contributed by atoms with Crippen molar-refractivity contribution in [2.75, 3.05) is 11.9 Å².